The van der Waals surface area contributed by atoms with Crippen LogP contribution in [0.2, 0.25) is 0 Å². The first-order valence-electron chi connectivity index (χ1n) is 9.41. The highest BCUT2D eigenvalue weighted by molar-refractivity contribution is 5.98. The van der Waals surface area contributed by atoms with E-state index in [4.69, 9.17) is 4.98 Å². The summed E-state index contributed by atoms with van der Waals surface area (Å²) in [5, 5.41) is 9.59. The van der Waals surface area contributed by atoms with Gasteiger partial charge in [0, 0.05) is 35.1 Å². The van der Waals surface area contributed by atoms with Crippen molar-refractivity contribution in [1.29, 1.82) is 0 Å². The molecule has 140 valence electrons. The topological polar surface area (TPSA) is 72.2 Å². The zero-order chi connectivity index (χ0) is 19.3. The van der Waals surface area contributed by atoms with Crippen molar-refractivity contribution < 1.29 is 9.90 Å². The van der Waals surface area contributed by atoms with Crippen LogP contribution in [0, 0.1) is 11.8 Å². The number of allylic oxidation sites excluding steroid dienone is 1. The summed E-state index contributed by atoms with van der Waals surface area (Å²) in [6, 6.07) is 9.69. The van der Waals surface area contributed by atoms with Crippen molar-refractivity contribution >= 4 is 5.78 Å². The molecule has 1 aromatic heterocycles. The maximum Gasteiger partial charge on any atom is 0.256 e. The highest BCUT2D eigenvalue weighted by atomic mass is 16.2. The van der Waals surface area contributed by atoms with Gasteiger partial charge in [-0.3, -0.25) is 14.2 Å². The number of ketones is 1. The standard InChI is InChI=1S/C22H24N2O3/c1-13-17-10-9-16-19(22(17,2)11-15(12-25)18(13)26)23-20(24(3)21(16)27)14-7-5-4-6-8-14/h4-8,12-13,17,25H,9-11H2,1-3H3/b15-12-/t13-,17-,22-/m0/s1. The fraction of sp³-hybridized carbons (Fsp3) is 0.409. The minimum absolute atomic E-state index is 0.00976. The van der Waals surface area contributed by atoms with E-state index in [2.05, 4.69) is 6.92 Å². The van der Waals surface area contributed by atoms with Gasteiger partial charge in [-0.2, -0.15) is 0 Å². The number of Topliss-reactive ketones (excluding diaryl/α,β-unsaturated/α-hetero) is 1. The fourth-order valence-corrected chi connectivity index (χ4v) is 5.07. The Balaban J connectivity index is 1.96. The molecule has 0 aliphatic heterocycles. The summed E-state index contributed by atoms with van der Waals surface area (Å²) in [6.07, 6.45) is 2.78. The molecule has 27 heavy (non-hydrogen) atoms. The molecule has 0 saturated heterocycles. The van der Waals surface area contributed by atoms with Gasteiger partial charge in [0.25, 0.3) is 5.56 Å². The van der Waals surface area contributed by atoms with Gasteiger partial charge in [0.15, 0.2) is 5.78 Å². The molecule has 2 aliphatic carbocycles. The summed E-state index contributed by atoms with van der Waals surface area (Å²) < 4.78 is 1.62. The van der Waals surface area contributed by atoms with E-state index in [1.165, 1.54) is 0 Å². The van der Waals surface area contributed by atoms with E-state index in [9.17, 15) is 14.7 Å². The van der Waals surface area contributed by atoms with Crippen molar-refractivity contribution in [3.8, 4) is 11.4 Å². The summed E-state index contributed by atoms with van der Waals surface area (Å²) in [4.78, 5) is 30.6. The number of nitrogens with zero attached hydrogens (tertiary/aromatic N) is 2. The van der Waals surface area contributed by atoms with Gasteiger partial charge >= 0.3 is 0 Å². The lowest BCUT2D eigenvalue weighted by molar-refractivity contribution is -0.124. The molecule has 3 atom stereocenters. The summed E-state index contributed by atoms with van der Waals surface area (Å²) in [5.74, 6) is 0.571. The molecule has 0 radical (unpaired) electrons. The maximum atomic E-state index is 13.1. The molecule has 0 bridgehead atoms. The number of aromatic nitrogens is 2. The summed E-state index contributed by atoms with van der Waals surface area (Å²) in [5.41, 5.74) is 2.40. The Morgan fingerprint density at radius 3 is 2.63 bits per heavy atom. The van der Waals surface area contributed by atoms with Crippen LogP contribution < -0.4 is 5.56 Å². The molecule has 1 heterocycles. The van der Waals surface area contributed by atoms with Gasteiger partial charge in [-0.1, -0.05) is 44.2 Å². The lowest BCUT2D eigenvalue weighted by atomic mass is 9.55. The second-order valence-electron chi connectivity index (χ2n) is 8.04. The zero-order valence-electron chi connectivity index (χ0n) is 15.9. The summed E-state index contributed by atoms with van der Waals surface area (Å²) >= 11 is 0. The normalized spacial score (nSPS) is 28.7. The van der Waals surface area contributed by atoms with Gasteiger partial charge in [-0.05, 0) is 25.2 Å². The molecular weight excluding hydrogens is 340 g/mol. The maximum absolute atomic E-state index is 13.1. The van der Waals surface area contributed by atoms with E-state index in [1.807, 2.05) is 37.3 Å². The number of aliphatic hydroxyl groups excluding tert-OH is 1. The molecule has 1 aromatic carbocycles. The first-order chi connectivity index (χ1) is 12.9. The number of hydrogen-bond acceptors (Lipinski definition) is 4. The smallest absolute Gasteiger partial charge is 0.256 e. The van der Waals surface area contributed by atoms with Gasteiger partial charge in [-0.15, -0.1) is 0 Å². The van der Waals surface area contributed by atoms with E-state index in [1.54, 1.807) is 11.6 Å². The third kappa shape index (κ3) is 2.48. The number of benzene rings is 1. The van der Waals surface area contributed by atoms with Gasteiger partial charge in [0.05, 0.1) is 12.0 Å². The first-order valence-corrected chi connectivity index (χ1v) is 9.41. The Labute approximate surface area is 158 Å². The summed E-state index contributed by atoms with van der Waals surface area (Å²) in [7, 11) is 1.76. The number of carbonyl (C=O) groups excluding carboxylic acids is 1. The average Bonchev–Trinajstić information content (AvgIpc) is 2.68. The highest BCUT2D eigenvalue weighted by Gasteiger charge is 2.51. The second-order valence-corrected chi connectivity index (χ2v) is 8.04. The van der Waals surface area contributed by atoms with Crippen molar-refractivity contribution in [2.45, 2.75) is 38.5 Å². The quantitative estimate of drug-likeness (QED) is 0.622. The second kappa shape index (κ2) is 6.19. The molecule has 0 amide bonds. The molecule has 2 aromatic rings. The van der Waals surface area contributed by atoms with Crippen LogP contribution in [0.25, 0.3) is 11.4 Å². The van der Waals surface area contributed by atoms with Gasteiger partial charge in [0.2, 0.25) is 0 Å². The van der Waals surface area contributed by atoms with Crippen LogP contribution in [0.5, 0.6) is 0 Å². The molecule has 1 saturated carbocycles. The van der Waals surface area contributed by atoms with Gasteiger partial charge in [0.1, 0.15) is 5.82 Å². The van der Waals surface area contributed by atoms with E-state index in [0.717, 1.165) is 29.5 Å². The largest absolute Gasteiger partial charge is 0.515 e. The molecule has 1 fully saturated rings. The molecule has 2 aliphatic rings. The number of rotatable bonds is 1. The van der Waals surface area contributed by atoms with Crippen LogP contribution in [0.1, 0.15) is 37.9 Å². The Morgan fingerprint density at radius 1 is 1.26 bits per heavy atom. The Morgan fingerprint density at radius 2 is 1.96 bits per heavy atom. The predicted molar refractivity (Wildman–Crippen MR) is 104 cm³/mol. The van der Waals surface area contributed by atoms with Crippen LogP contribution in [0.3, 0.4) is 0 Å². The van der Waals surface area contributed by atoms with Crippen molar-refractivity contribution in [3.05, 3.63) is 63.8 Å². The number of carbonyl (C=O) groups is 1. The SMILES string of the molecule is C[C@@H]1C(=O)/C(=C\O)C[C@]2(C)c3nc(-c4ccccc4)n(C)c(=O)c3CC[C@@H]12. The lowest BCUT2D eigenvalue weighted by Gasteiger charge is -2.48. The minimum Gasteiger partial charge on any atom is -0.515 e. The minimum atomic E-state index is -0.438. The Bertz CT molecular complexity index is 1010. The molecule has 0 unspecified atom stereocenters. The van der Waals surface area contributed by atoms with Crippen LogP contribution >= 0.6 is 0 Å². The van der Waals surface area contributed by atoms with Gasteiger partial charge in [-0.25, -0.2) is 4.98 Å². The molecule has 0 spiro atoms. The Hall–Kier alpha value is -2.69. The molecular formula is C22H24N2O3. The predicted octanol–water partition coefficient (Wildman–Crippen LogP) is 3.32. The van der Waals surface area contributed by atoms with Crippen molar-refractivity contribution in [3.63, 3.8) is 0 Å². The zero-order valence-corrected chi connectivity index (χ0v) is 15.9. The molecule has 5 heteroatoms. The van der Waals surface area contributed by atoms with Crippen LogP contribution in [0.15, 0.2) is 47.0 Å². The number of hydrogen-bond donors (Lipinski definition) is 1. The Kier molecular flexibility index (Phi) is 4.06. The highest BCUT2D eigenvalue weighted by Crippen LogP contribution is 2.51. The summed E-state index contributed by atoms with van der Waals surface area (Å²) in [6.45, 7) is 4.02. The van der Waals surface area contributed by atoms with E-state index in [0.29, 0.717) is 24.2 Å². The number of fused-ring (bicyclic) bond motifs is 3. The average molecular weight is 364 g/mol. The van der Waals surface area contributed by atoms with Crippen molar-refractivity contribution in [2.24, 2.45) is 18.9 Å². The third-order valence-corrected chi connectivity index (χ3v) is 6.53. The molecule has 1 N–H and O–H groups in total. The van der Waals surface area contributed by atoms with Crippen LogP contribution in [-0.4, -0.2) is 20.4 Å². The molecule has 4 rings (SSSR count). The van der Waals surface area contributed by atoms with Crippen LogP contribution in [-0.2, 0) is 23.7 Å². The fourth-order valence-electron chi connectivity index (χ4n) is 5.07. The van der Waals surface area contributed by atoms with Gasteiger partial charge < -0.3 is 5.11 Å². The first kappa shape index (κ1) is 17.7. The van der Waals surface area contributed by atoms with Crippen molar-refractivity contribution in [1.82, 2.24) is 9.55 Å². The third-order valence-electron chi connectivity index (χ3n) is 6.53. The van der Waals surface area contributed by atoms with E-state index in [-0.39, 0.29) is 23.2 Å². The number of aliphatic hydroxyl groups is 1. The van der Waals surface area contributed by atoms with Crippen LogP contribution in [0.4, 0.5) is 0 Å². The molecule has 5 nitrogen and oxygen atoms in total. The van der Waals surface area contributed by atoms with E-state index < -0.39 is 5.41 Å². The van der Waals surface area contributed by atoms with E-state index >= 15 is 0 Å². The lowest BCUT2D eigenvalue weighted by Crippen LogP contribution is -2.50. The monoisotopic (exact) mass is 364 g/mol. The van der Waals surface area contributed by atoms with Crippen molar-refractivity contribution in [2.75, 3.05) is 0 Å².